The second-order valence-corrected chi connectivity index (χ2v) is 8.76. The van der Waals surface area contributed by atoms with Gasteiger partial charge in [-0.15, -0.1) is 11.8 Å². The van der Waals surface area contributed by atoms with Gasteiger partial charge >= 0.3 is 6.03 Å². The summed E-state index contributed by atoms with van der Waals surface area (Å²) in [4.78, 5) is 16.7. The molecule has 5 heteroatoms. The van der Waals surface area contributed by atoms with Gasteiger partial charge in [0, 0.05) is 23.3 Å². The standard InChI is InChI=1S/C27H25N3OS/c1-32-23-15-13-21(14-16-23)26-25-12-7-17-29(25)24-11-6-5-10-22(24)19-30(26)27(31)28-18-20-8-3-2-4-9-20/h2-17,26H,18-19H2,1H3,(H,28,31)/t26-/m1/s1. The van der Waals surface area contributed by atoms with Crippen LogP contribution in [-0.2, 0) is 13.1 Å². The molecule has 2 amide bonds. The first-order valence-electron chi connectivity index (χ1n) is 10.7. The molecule has 2 heterocycles. The first-order chi connectivity index (χ1) is 15.7. The second kappa shape index (κ2) is 8.97. The van der Waals surface area contributed by atoms with E-state index in [1.54, 1.807) is 11.8 Å². The van der Waals surface area contributed by atoms with Crippen molar-refractivity contribution < 1.29 is 4.79 Å². The van der Waals surface area contributed by atoms with Gasteiger partial charge in [0.2, 0.25) is 0 Å². The van der Waals surface area contributed by atoms with Crippen LogP contribution in [0, 0.1) is 0 Å². The van der Waals surface area contributed by atoms with Crippen LogP contribution in [0.25, 0.3) is 5.69 Å². The fourth-order valence-electron chi connectivity index (χ4n) is 4.35. The van der Waals surface area contributed by atoms with Crippen LogP contribution in [0.2, 0.25) is 0 Å². The van der Waals surface area contributed by atoms with E-state index in [9.17, 15) is 4.79 Å². The Morgan fingerprint density at radius 1 is 0.938 bits per heavy atom. The number of urea groups is 1. The van der Waals surface area contributed by atoms with Crippen molar-refractivity contribution in [2.24, 2.45) is 0 Å². The van der Waals surface area contributed by atoms with Gasteiger partial charge in [-0.3, -0.25) is 0 Å². The first kappa shape index (κ1) is 20.5. The molecule has 1 atom stereocenters. The summed E-state index contributed by atoms with van der Waals surface area (Å²) in [5.41, 5.74) is 5.52. The number of nitrogens with zero attached hydrogens (tertiary/aromatic N) is 2. The van der Waals surface area contributed by atoms with Gasteiger partial charge in [-0.05, 0) is 53.3 Å². The molecular weight excluding hydrogens is 414 g/mol. The third-order valence-corrected chi connectivity index (χ3v) is 6.69. The van der Waals surface area contributed by atoms with Crippen LogP contribution in [-0.4, -0.2) is 21.8 Å². The zero-order valence-electron chi connectivity index (χ0n) is 17.9. The lowest BCUT2D eigenvalue weighted by Gasteiger charge is -2.31. The normalized spacial score (nSPS) is 14.9. The minimum atomic E-state index is -0.191. The van der Waals surface area contributed by atoms with Crippen LogP contribution in [0.15, 0.2) is 102 Å². The molecule has 0 bridgehead atoms. The maximum Gasteiger partial charge on any atom is 0.318 e. The molecule has 32 heavy (non-hydrogen) atoms. The Bertz CT molecular complexity index is 1220. The quantitative estimate of drug-likeness (QED) is 0.395. The fraction of sp³-hybridized carbons (Fsp3) is 0.148. The van der Waals surface area contributed by atoms with Gasteiger partial charge in [-0.25, -0.2) is 4.79 Å². The Labute approximate surface area is 192 Å². The third-order valence-electron chi connectivity index (χ3n) is 5.94. The van der Waals surface area contributed by atoms with Gasteiger partial charge in [0.1, 0.15) is 0 Å². The Morgan fingerprint density at radius 2 is 1.69 bits per heavy atom. The van der Waals surface area contributed by atoms with Crippen LogP contribution in [0.5, 0.6) is 0 Å². The average Bonchev–Trinajstić information content (AvgIpc) is 3.27. The Balaban J connectivity index is 1.56. The highest BCUT2D eigenvalue weighted by atomic mass is 32.2. The summed E-state index contributed by atoms with van der Waals surface area (Å²) in [6.07, 6.45) is 4.16. The van der Waals surface area contributed by atoms with Crippen molar-refractivity contribution in [3.05, 3.63) is 120 Å². The summed E-state index contributed by atoms with van der Waals surface area (Å²) in [6, 6.07) is 30.8. The van der Waals surface area contributed by atoms with E-state index in [-0.39, 0.29) is 12.1 Å². The molecular formula is C27H25N3OS. The molecule has 1 N–H and O–H groups in total. The van der Waals surface area contributed by atoms with E-state index < -0.39 is 0 Å². The van der Waals surface area contributed by atoms with Crippen molar-refractivity contribution >= 4 is 17.8 Å². The van der Waals surface area contributed by atoms with Crippen LogP contribution in [0.1, 0.15) is 28.4 Å². The smallest absolute Gasteiger partial charge is 0.318 e. The summed E-state index contributed by atoms with van der Waals surface area (Å²) < 4.78 is 2.22. The molecule has 1 aromatic heterocycles. The Kier molecular flexibility index (Phi) is 5.73. The number of fused-ring (bicyclic) bond motifs is 3. The molecule has 5 rings (SSSR count). The molecule has 0 unspecified atom stereocenters. The summed E-state index contributed by atoms with van der Waals surface area (Å²) in [7, 11) is 0. The van der Waals surface area contributed by atoms with E-state index in [1.165, 1.54) is 4.90 Å². The van der Waals surface area contributed by atoms with Crippen molar-refractivity contribution in [1.29, 1.82) is 0 Å². The summed E-state index contributed by atoms with van der Waals surface area (Å²) in [6.45, 7) is 1.03. The number of carbonyl (C=O) groups excluding carboxylic acids is 1. The monoisotopic (exact) mass is 439 g/mol. The number of para-hydroxylation sites is 1. The van der Waals surface area contributed by atoms with Crippen molar-refractivity contribution in [3.63, 3.8) is 0 Å². The minimum absolute atomic E-state index is 0.0720. The van der Waals surface area contributed by atoms with E-state index in [4.69, 9.17) is 0 Å². The van der Waals surface area contributed by atoms with Gasteiger partial charge in [-0.1, -0.05) is 60.7 Å². The molecule has 1 aliphatic heterocycles. The molecule has 0 radical (unpaired) electrons. The summed E-state index contributed by atoms with van der Waals surface area (Å²) in [5, 5.41) is 3.15. The molecule has 4 nitrogen and oxygen atoms in total. The van der Waals surface area contributed by atoms with Crippen molar-refractivity contribution in [2.45, 2.75) is 24.0 Å². The summed E-state index contributed by atoms with van der Waals surface area (Å²) >= 11 is 1.72. The fourth-order valence-corrected chi connectivity index (χ4v) is 4.76. The van der Waals surface area contributed by atoms with Crippen molar-refractivity contribution in [3.8, 4) is 5.69 Å². The van der Waals surface area contributed by atoms with Crippen LogP contribution >= 0.6 is 11.8 Å². The lowest BCUT2D eigenvalue weighted by atomic mass is 10.0. The number of rotatable bonds is 4. The van der Waals surface area contributed by atoms with E-state index in [1.807, 2.05) is 41.3 Å². The van der Waals surface area contributed by atoms with Crippen molar-refractivity contribution in [2.75, 3.05) is 6.26 Å². The number of nitrogens with one attached hydrogen (secondary N) is 1. The second-order valence-electron chi connectivity index (χ2n) is 7.88. The van der Waals surface area contributed by atoms with Crippen LogP contribution < -0.4 is 5.32 Å². The van der Waals surface area contributed by atoms with Gasteiger partial charge in [0.25, 0.3) is 0 Å². The zero-order chi connectivity index (χ0) is 21.9. The van der Waals surface area contributed by atoms with Gasteiger partial charge < -0.3 is 14.8 Å². The SMILES string of the molecule is CSc1ccc([C@@H]2c3cccn3-c3ccccc3CN2C(=O)NCc2ccccc2)cc1. The molecule has 160 valence electrons. The van der Waals surface area contributed by atoms with Gasteiger partial charge in [0.15, 0.2) is 0 Å². The predicted molar refractivity (Wildman–Crippen MR) is 130 cm³/mol. The van der Waals surface area contributed by atoms with Crippen LogP contribution in [0.4, 0.5) is 4.79 Å². The number of carbonyl (C=O) groups is 1. The average molecular weight is 440 g/mol. The number of aromatic nitrogens is 1. The highest BCUT2D eigenvalue weighted by Crippen LogP contribution is 2.37. The number of hydrogen-bond acceptors (Lipinski definition) is 2. The lowest BCUT2D eigenvalue weighted by molar-refractivity contribution is 0.180. The molecule has 3 aromatic carbocycles. The number of amides is 2. The highest BCUT2D eigenvalue weighted by Gasteiger charge is 2.32. The Hall–Kier alpha value is -3.44. The maximum atomic E-state index is 13.6. The molecule has 0 aliphatic carbocycles. The van der Waals surface area contributed by atoms with E-state index in [0.29, 0.717) is 13.1 Å². The van der Waals surface area contributed by atoms with Gasteiger partial charge in [0.05, 0.1) is 18.3 Å². The highest BCUT2D eigenvalue weighted by molar-refractivity contribution is 7.98. The minimum Gasteiger partial charge on any atom is -0.334 e. The number of thioether (sulfide) groups is 1. The first-order valence-corrected chi connectivity index (χ1v) is 11.9. The largest absolute Gasteiger partial charge is 0.334 e. The molecule has 0 spiro atoms. The Morgan fingerprint density at radius 3 is 2.47 bits per heavy atom. The lowest BCUT2D eigenvalue weighted by Crippen LogP contribution is -2.41. The molecule has 4 aromatic rings. The van der Waals surface area contributed by atoms with E-state index in [2.05, 4.69) is 76.9 Å². The topological polar surface area (TPSA) is 37.3 Å². The van der Waals surface area contributed by atoms with E-state index in [0.717, 1.165) is 28.1 Å². The maximum absolute atomic E-state index is 13.6. The van der Waals surface area contributed by atoms with E-state index >= 15 is 0 Å². The van der Waals surface area contributed by atoms with Crippen LogP contribution in [0.3, 0.4) is 0 Å². The number of benzene rings is 3. The third kappa shape index (κ3) is 3.92. The number of hydrogen-bond donors (Lipinski definition) is 1. The van der Waals surface area contributed by atoms with Gasteiger partial charge in [-0.2, -0.15) is 0 Å². The zero-order valence-corrected chi connectivity index (χ0v) is 18.8. The molecule has 0 fully saturated rings. The molecule has 0 saturated heterocycles. The van der Waals surface area contributed by atoms with Crippen molar-refractivity contribution in [1.82, 2.24) is 14.8 Å². The molecule has 1 aliphatic rings. The predicted octanol–water partition coefficient (Wildman–Crippen LogP) is 6.01. The summed E-state index contributed by atoms with van der Waals surface area (Å²) in [5.74, 6) is 0. The molecule has 0 saturated carbocycles.